The van der Waals surface area contributed by atoms with Crippen molar-refractivity contribution in [1.29, 1.82) is 0 Å². The zero-order chi connectivity index (χ0) is 41.3. The summed E-state index contributed by atoms with van der Waals surface area (Å²) in [7, 11) is -5.62. The number of benzene rings is 1. The summed E-state index contributed by atoms with van der Waals surface area (Å²) in [6.07, 6.45) is -21.8. The van der Waals surface area contributed by atoms with Gasteiger partial charge in [0, 0.05) is 20.8 Å². The van der Waals surface area contributed by atoms with Crippen molar-refractivity contribution in [1.82, 2.24) is 0 Å². The fourth-order valence-corrected chi connectivity index (χ4v) is 7.07. The predicted octanol–water partition coefficient (Wildman–Crippen LogP) is -2.26. The van der Waals surface area contributed by atoms with Crippen molar-refractivity contribution in [2.24, 2.45) is 0 Å². The highest BCUT2D eigenvalue weighted by atomic mass is 31.2. The van der Waals surface area contributed by atoms with Crippen molar-refractivity contribution in [3.63, 3.8) is 0 Å². The van der Waals surface area contributed by atoms with E-state index in [4.69, 9.17) is 32.9 Å². The fourth-order valence-electron chi connectivity index (χ4n) is 6.64. The minimum absolute atomic E-state index is 0.162. The Kier molecular flexibility index (Phi) is 13.5. The molecule has 2 heterocycles. The Morgan fingerprint density at radius 3 is 1.56 bits per heavy atom. The summed E-state index contributed by atoms with van der Waals surface area (Å²) in [5, 5.41) is 47.6. The van der Waals surface area contributed by atoms with E-state index in [9.17, 15) is 68.3 Å². The average molecular weight is 793 g/mol. The van der Waals surface area contributed by atoms with Crippen LogP contribution in [0.15, 0.2) is 30.3 Å². The minimum Gasteiger partial charge on any atom is -0.461 e. The number of aliphatic hydroxyl groups is 4. The van der Waals surface area contributed by atoms with Gasteiger partial charge in [-0.2, -0.15) is 0 Å². The van der Waals surface area contributed by atoms with E-state index in [0.717, 1.165) is 27.7 Å². The van der Waals surface area contributed by atoms with E-state index in [1.54, 1.807) is 0 Å². The zero-order valence-corrected chi connectivity index (χ0v) is 30.7. The molecule has 22 heteroatoms. The third-order valence-electron chi connectivity index (χ3n) is 8.80. The number of esters is 3. The number of aliphatic hydroxyl groups excluding tert-OH is 1. The molecule has 1 aromatic rings. The Morgan fingerprint density at radius 2 is 1.15 bits per heavy atom. The van der Waals surface area contributed by atoms with Crippen LogP contribution in [0.4, 0.5) is 0 Å². The largest absolute Gasteiger partial charge is 0.472 e. The topological polar surface area (TPSA) is 323 Å². The highest BCUT2D eigenvalue weighted by Crippen LogP contribution is 2.49. The number of ether oxygens (including phenoxy) is 6. The summed E-state index contributed by atoms with van der Waals surface area (Å²) < 4.78 is 50.2. The first-order chi connectivity index (χ1) is 24.7. The van der Waals surface area contributed by atoms with Crippen LogP contribution in [0.25, 0.3) is 0 Å². The summed E-state index contributed by atoms with van der Waals surface area (Å²) in [6.45, 7) is 4.91. The van der Waals surface area contributed by atoms with Gasteiger partial charge in [0.05, 0.1) is 0 Å². The highest BCUT2D eigenvalue weighted by molar-refractivity contribution is 7.46. The molecule has 0 spiro atoms. The molecular formula is C32H41O21P. The van der Waals surface area contributed by atoms with Gasteiger partial charge in [-0.3, -0.25) is 33.6 Å². The van der Waals surface area contributed by atoms with Crippen molar-refractivity contribution in [3.05, 3.63) is 30.3 Å². The van der Waals surface area contributed by atoms with Crippen molar-refractivity contribution in [3.8, 4) is 5.75 Å². The number of rotatable bonds is 14. The summed E-state index contributed by atoms with van der Waals surface area (Å²) in [5.41, 5.74) is -11.5. The van der Waals surface area contributed by atoms with E-state index in [-0.39, 0.29) is 5.75 Å². The highest BCUT2D eigenvalue weighted by Gasteiger charge is 2.80. The Labute approximate surface area is 306 Å². The van der Waals surface area contributed by atoms with Gasteiger partial charge in [0.15, 0.2) is 70.5 Å². The van der Waals surface area contributed by atoms with Crippen molar-refractivity contribution < 1.29 is 101 Å². The van der Waals surface area contributed by atoms with E-state index < -0.39 is 121 Å². The van der Waals surface area contributed by atoms with E-state index in [0.29, 0.717) is 20.8 Å². The normalized spacial score (nSPS) is 33.7. The smallest absolute Gasteiger partial charge is 0.461 e. The number of phosphoric acid groups is 1. The summed E-state index contributed by atoms with van der Waals surface area (Å²) in [6, 6.07) is 6.93. The van der Waals surface area contributed by atoms with Gasteiger partial charge >= 0.3 is 25.7 Å². The van der Waals surface area contributed by atoms with E-state index in [1.165, 1.54) is 30.3 Å². The molecule has 0 amide bonds. The molecule has 3 rings (SSSR count). The molecule has 12 atom stereocenters. The van der Waals surface area contributed by atoms with Gasteiger partial charge in [0.2, 0.25) is 6.29 Å². The second-order valence-corrected chi connectivity index (χ2v) is 13.8. The van der Waals surface area contributed by atoms with Crippen LogP contribution in [0.1, 0.15) is 48.5 Å². The molecule has 1 aromatic carbocycles. The lowest BCUT2D eigenvalue weighted by Gasteiger charge is -2.59. The summed E-state index contributed by atoms with van der Waals surface area (Å²) >= 11 is 0. The molecule has 0 bridgehead atoms. The van der Waals surface area contributed by atoms with E-state index in [2.05, 4.69) is 0 Å². The van der Waals surface area contributed by atoms with E-state index >= 15 is 0 Å². The molecule has 0 aliphatic carbocycles. The van der Waals surface area contributed by atoms with Crippen LogP contribution >= 0.6 is 7.82 Å². The summed E-state index contributed by atoms with van der Waals surface area (Å²) in [4.78, 5) is 110. The lowest BCUT2D eigenvalue weighted by Crippen LogP contribution is -2.88. The first-order valence-corrected chi connectivity index (χ1v) is 17.5. The average Bonchev–Trinajstić information content (AvgIpc) is 3.03. The standard InChI is InChI=1S/C32H41O21P/c1-13(33)27-30(41,14(2)34)32(43,16(4)36)31(42,15(3)35)28(52-27)21(40)22-23(47-17(5)37)24(48-18(6)38)25(49-19(7)39)26(51-22)29(53-54(44,45)46)50-20-11-9-8-10-12-20/h8-12,21-29,40-43H,1-7H3,(H2,44,45,46)/t21?,22-,23-,24+,25-,26-,27-,28+,29?,30-,31+,32+/m0/s1. The third kappa shape index (κ3) is 8.30. The maximum absolute atomic E-state index is 13.4. The minimum atomic E-state index is -5.62. The van der Waals surface area contributed by atoms with Gasteiger partial charge in [-0.1, -0.05) is 18.2 Å². The Hall–Kier alpha value is -4.02. The fraction of sp³-hybridized carbons (Fsp3) is 0.594. The molecule has 2 aliphatic heterocycles. The summed E-state index contributed by atoms with van der Waals surface area (Å²) in [5.74, 6) is -9.85. The van der Waals surface area contributed by atoms with Crippen molar-refractivity contribution >= 4 is 48.9 Å². The first-order valence-electron chi connectivity index (χ1n) is 15.9. The molecule has 0 saturated carbocycles. The number of Topliss-reactive ketones (excluding diaryl/α,β-unsaturated/α-hetero) is 4. The Morgan fingerprint density at radius 1 is 0.685 bits per heavy atom. The van der Waals surface area contributed by atoms with Crippen LogP contribution in [-0.4, -0.2) is 143 Å². The molecule has 0 radical (unpaired) electrons. The molecule has 2 fully saturated rings. The van der Waals surface area contributed by atoms with Gasteiger partial charge < -0.3 is 58.6 Å². The number of hydrogen-bond acceptors (Lipinski definition) is 19. The van der Waals surface area contributed by atoms with Gasteiger partial charge in [0.25, 0.3) is 0 Å². The molecule has 21 nitrogen and oxygen atoms in total. The van der Waals surface area contributed by atoms with Crippen LogP contribution < -0.4 is 4.74 Å². The molecular weight excluding hydrogens is 751 g/mol. The number of phosphoric ester groups is 1. The number of hydrogen-bond donors (Lipinski definition) is 6. The Balaban J connectivity index is 2.42. The number of ketones is 4. The molecule has 0 aromatic heterocycles. The number of carbonyl (C=O) groups is 7. The lowest BCUT2D eigenvalue weighted by atomic mass is 9.58. The number of para-hydroxylation sites is 1. The van der Waals surface area contributed by atoms with Crippen LogP contribution in [0.2, 0.25) is 0 Å². The number of carbonyl (C=O) groups excluding carboxylic acids is 7. The maximum Gasteiger partial charge on any atom is 0.472 e. The predicted molar refractivity (Wildman–Crippen MR) is 172 cm³/mol. The lowest BCUT2D eigenvalue weighted by molar-refractivity contribution is -0.341. The van der Waals surface area contributed by atoms with Crippen LogP contribution in [0.5, 0.6) is 5.75 Å². The van der Waals surface area contributed by atoms with Gasteiger partial charge in [0.1, 0.15) is 24.1 Å². The molecule has 2 unspecified atom stereocenters. The maximum atomic E-state index is 13.4. The van der Waals surface area contributed by atoms with Crippen LogP contribution in [-0.2, 0) is 66.3 Å². The van der Waals surface area contributed by atoms with E-state index in [1.807, 2.05) is 0 Å². The van der Waals surface area contributed by atoms with Gasteiger partial charge in [-0.05, 0) is 39.8 Å². The Bertz CT molecular complexity index is 1690. The molecule has 54 heavy (non-hydrogen) atoms. The van der Waals surface area contributed by atoms with Crippen molar-refractivity contribution in [2.75, 3.05) is 0 Å². The van der Waals surface area contributed by atoms with Crippen LogP contribution in [0.3, 0.4) is 0 Å². The zero-order valence-electron chi connectivity index (χ0n) is 29.8. The molecule has 300 valence electrons. The second-order valence-electron chi connectivity index (χ2n) is 12.6. The van der Waals surface area contributed by atoms with Crippen LogP contribution in [0, 0.1) is 0 Å². The molecule has 2 aliphatic rings. The first kappa shape index (κ1) is 44.4. The quantitative estimate of drug-likeness (QED) is 0.0501. The molecule has 2 saturated heterocycles. The SMILES string of the molecule is CC(=O)O[C@@H]1[C@@H](OC(C)=O)[C@H](C(O)[C@H]2O[C@@H](C(C)=O)[C@@](O)(C(C)=O)[C@](O)(C(C)=O)[C@@]2(O)C(C)=O)O[C@H](C(Oc2ccccc2)OP(=O)(O)O)[C@H]1OC(C)=O. The van der Waals surface area contributed by atoms with Gasteiger partial charge in [-0.15, -0.1) is 0 Å². The second kappa shape index (κ2) is 16.4. The van der Waals surface area contributed by atoms with Crippen molar-refractivity contribution in [2.45, 2.75) is 120 Å². The monoisotopic (exact) mass is 792 g/mol. The molecule has 6 N–H and O–H groups in total. The third-order valence-corrected chi connectivity index (χ3v) is 9.28. The van der Waals surface area contributed by atoms with Gasteiger partial charge in [-0.25, -0.2) is 9.09 Å².